The summed E-state index contributed by atoms with van der Waals surface area (Å²) in [7, 11) is 0. The summed E-state index contributed by atoms with van der Waals surface area (Å²) in [6.07, 6.45) is -4.82. The molecule has 0 aliphatic carbocycles. The van der Waals surface area contributed by atoms with Crippen molar-refractivity contribution < 1.29 is 17.9 Å². The van der Waals surface area contributed by atoms with Crippen molar-refractivity contribution in [1.82, 2.24) is 4.98 Å². The van der Waals surface area contributed by atoms with E-state index < -0.39 is 12.2 Å². The highest BCUT2D eigenvalue weighted by Crippen LogP contribution is 2.28. The molecule has 1 heterocycles. The van der Waals surface area contributed by atoms with Crippen molar-refractivity contribution in [1.29, 1.82) is 5.26 Å². The summed E-state index contributed by atoms with van der Waals surface area (Å²) in [4.78, 5) is 3.33. The van der Waals surface area contributed by atoms with Crippen LogP contribution in [0.2, 0.25) is 0 Å². The largest absolute Gasteiger partial charge is 0.574 e. The quantitative estimate of drug-likeness (QED) is 0.785. The van der Waals surface area contributed by atoms with Gasteiger partial charge in [0.05, 0.1) is 4.47 Å². The highest BCUT2D eigenvalue weighted by Gasteiger charge is 2.32. The van der Waals surface area contributed by atoms with Gasteiger partial charge in [-0.25, -0.2) is 4.98 Å². The Labute approximate surface area is 85.3 Å². The van der Waals surface area contributed by atoms with E-state index >= 15 is 0 Å². The van der Waals surface area contributed by atoms with Gasteiger partial charge in [0, 0.05) is 0 Å². The van der Waals surface area contributed by atoms with Crippen molar-refractivity contribution in [3.63, 3.8) is 0 Å². The second-order valence-corrected chi connectivity index (χ2v) is 3.00. The molecule has 0 bridgehead atoms. The van der Waals surface area contributed by atoms with Crippen LogP contribution in [-0.4, -0.2) is 11.3 Å². The SMILES string of the molecule is N#Cc1ccc(Br)c(OC(F)(F)F)n1. The standard InChI is InChI=1S/C7H2BrF3N2O/c8-5-2-1-4(3-12)13-6(5)14-7(9,10)11/h1-2H. The van der Waals surface area contributed by atoms with Gasteiger partial charge in [-0.15, -0.1) is 13.2 Å². The predicted molar refractivity (Wildman–Crippen MR) is 43.3 cm³/mol. The molecule has 0 amide bonds. The Morgan fingerprint density at radius 1 is 1.43 bits per heavy atom. The zero-order valence-electron chi connectivity index (χ0n) is 6.47. The van der Waals surface area contributed by atoms with Crippen LogP contribution in [0.3, 0.4) is 0 Å². The van der Waals surface area contributed by atoms with E-state index in [9.17, 15) is 13.2 Å². The number of hydrogen-bond acceptors (Lipinski definition) is 3. The third-order valence-electron chi connectivity index (χ3n) is 1.14. The number of alkyl halides is 3. The average molecular weight is 267 g/mol. The summed E-state index contributed by atoms with van der Waals surface area (Å²) in [6, 6.07) is 4.13. The van der Waals surface area contributed by atoms with Crippen LogP contribution in [0.4, 0.5) is 13.2 Å². The summed E-state index contributed by atoms with van der Waals surface area (Å²) in [5, 5.41) is 8.39. The van der Waals surface area contributed by atoms with Gasteiger partial charge in [0.2, 0.25) is 5.88 Å². The van der Waals surface area contributed by atoms with Crippen LogP contribution in [0.1, 0.15) is 5.69 Å². The van der Waals surface area contributed by atoms with Gasteiger partial charge in [0.15, 0.2) is 0 Å². The van der Waals surface area contributed by atoms with Crippen LogP contribution in [-0.2, 0) is 0 Å². The molecule has 0 radical (unpaired) electrons. The first-order valence-corrected chi connectivity index (χ1v) is 4.04. The molecule has 0 atom stereocenters. The molecule has 0 aliphatic heterocycles. The Bertz CT molecular complexity index is 386. The van der Waals surface area contributed by atoms with Crippen molar-refractivity contribution in [3.05, 3.63) is 22.3 Å². The maximum absolute atomic E-state index is 11.8. The molecule has 1 rings (SSSR count). The average Bonchev–Trinajstić information content (AvgIpc) is 2.06. The molecule has 74 valence electrons. The minimum Gasteiger partial charge on any atom is -0.387 e. The molecule has 0 spiro atoms. The fraction of sp³-hybridized carbons (Fsp3) is 0.143. The first-order valence-electron chi connectivity index (χ1n) is 3.25. The summed E-state index contributed by atoms with van der Waals surface area (Å²) in [5.41, 5.74) is -0.146. The fourth-order valence-electron chi connectivity index (χ4n) is 0.667. The molecule has 0 fully saturated rings. The molecule has 0 unspecified atom stereocenters. The van der Waals surface area contributed by atoms with E-state index in [1.54, 1.807) is 6.07 Å². The topological polar surface area (TPSA) is 45.9 Å². The van der Waals surface area contributed by atoms with Crippen LogP contribution >= 0.6 is 15.9 Å². The zero-order valence-corrected chi connectivity index (χ0v) is 8.06. The lowest BCUT2D eigenvalue weighted by atomic mass is 10.4. The van der Waals surface area contributed by atoms with E-state index in [1.165, 1.54) is 12.1 Å². The molecule has 7 heteroatoms. The van der Waals surface area contributed by atoms with E-state index in [2.05, 4.69) is 25.7 Å². The lowest BCUT2D eigenvalue weighted by Crippen LogP contribution is -2.18. The third-order valence-corrected chi connectivity index (χ3v) is 1.74. The monoisotopic (exact) mass is 266 g/mol. The van der Waals surface area contributed by atoms with Gasteiger partial charge in [0.1, 0.15) is 11.8 Å². The predicted octanol–water partition coefficient (Wildman–Crippen LogP) is 2.61. The number of rotatable bonds is 1. The number of halogens is 4. The van der Waals surface area contributed by atoms with E-state index in [0.717, 1.165) is 0 Å². The van der Waals surface area contributed by atoms with Gasteiger partial charge >= 0.3 is 6.36 Å². The lowest BCUT2D eigenvalue weighted by Gasteiger charge is -2.08. The molecule has 0 aromatic carbocycles. The number of nitriles is 1. The molecule has 3 nitrogen and oxygen atoms in total. The highest BCUT2D eigenvalue weighted by molar-refractivity contribution is 9.10. The van der Waals surface area contributed by atoms with Gasteiger partial charge in [-0.3, -0.25) is 0 Å². The van der Waals surface area contributed by atoms with Crippen LogP contribution < -0.4 is 4.74 Å². The first kappa shape index (κ1) is 10.8. The maximum Gasteiger partial charge on any atom is 0.574 e. The van der Waals surface area contributed by atoms with E-state index in [-0.39, 0.29) is 10.2 Å². The number of hydrogen-bond donors (Lipinski definition) is 0. The Kier molecular flexibility index (Phi) is 2.96. The third kappa shape index (κ3) is 2.88. The second kappa shape index (κ2) is 3.84. The number of aromatic nitrogens is 1. The molecule has 0 N–H and O–H groups in total. The molecular formula is C7H2BrF3N2O. The normalized spacial score (nSPS) is 10.8. The fourth-order valence-corrected chi connectivity index (χ4v) is 0.969. The highest BCUT2D eigenvalue weighted by atomic mass is 79.9. The zero-order chi connectivity index (χ0) is 10.8. The van der Waals surface area contributed by atoms with Gasteiger partial charge in [-0.1, -0.05) is 0 Å². The summed E-state index contributed by atoms with van der Waals surface area (Å²) < 4.78 is 39.0. The second-order valence-electron chi connectivity index (χ2n) is 2.14. The van der Waals surface area contributed by atoms with E-state index in [4.69, 9.17) is 5.26 Å². The van der Waals surface area contributed by atoms with E-state index in [0.29, 0.717) is 0 Å². The van der Waals surface area contributed by atoms with Gasteiger partial charge < -0.3 is 4.74 Å². The smallest absolute Gasteiger partial charge is 0.387 e. The van der Waals surface area contributed by atoms with Gasteiger partial charge in [-0.05, 0) is 28.1 Å². The van der Waals surface area contributed by atoms with Crippen LogP contribution in [0.5, 0.6) is 5.88 Å². The van der Waals surface area contributed by atoms with Gasteiger partial charge in [0.25, 0.3) is 0 Å². The Morgan fingerprint density at radius 3 is 2.57 bits per heavy atom. The Hall–Kier alpha value is -1.29. The van der Waals surface area contributed by atoms with Crippen molar-refractivity contribution in [2.75, 3.05) is 0 Å². The van der Waals surface area contributed by atoms with Crippen molar-refractivity contribution in [3.8, 4) is 11.9 Å². The van der Waals surface area contributed by atoms with Crippen LogP contribution in [0, 0.1) is 11.3 Å². The van der Waals surface area contributed by atoms with Crippen molar-refractivity contribution in [2.45, 2.75) is 6.36 Å². The minimum absolute atomic E-state index is 0.0359. The molecule has 1 aromatic rings. The summed E-state index contributed by atoms with van der Waals surface area (Å²) in [5.74, 6) is -0.670. The van der Waals surface area contributed by atoms with Crippen LogP contribution in [0.15, 0.2) is 16.6 Å². The van der Waals surface area contributed by atoms with E-state index in [1.807, 2.05) is 0 Å². The summed E-state index contributed by atoms with van der Waals surface area (Å²) in [6.45, 7) is 0. The number of nitrogens with zero attached hydrogens (tertiary/aromatic N) is 2. The molecular weight excluding hydrogens is 265 g/mol. The van der Waals surface area contributed by atoms with Gasteiger partial charge in [-0.2, -0.15) is 5.26 Å². The lowest BCUT2D eigenvalue weighted by molar-refractivity contribution is -0.276. The number of ether oxygens (including phenoxy) is 1. The molecule has 0 aliphatic rings. The first-order chi connectivity index (χ1) is 6.42. The minimum atomic E-state index is -4.82. The Morgan fingerprint density at radius 2 is 2.07 bits per heavy atom. The van der Waals surface area contributed by atoms with Crippen molar-refractivity contribution >= 4 is 15.9 Å². The molecule has 0 saturated heterocycles. The van der Waals surface area contributed by atoms with Crippen LogP contribution in [0.25, 0.3) is 0 Å². The molecule has 1 aromatic heterocycles. The van der Waals surface area contributed by atoms with Crippen molar-refractivity contribution in [2.24, 2.45) is 0 Å². The Balaban J connectivity index is 3.03. The molecule has 0 saturated carbocycles. The summed E-state index contributed by atoms with van der Waals surface area (Å²) >= 11 is 2.82. The number of pyridine rings is 1. The maximum atomic E-state index is 11.8. The molecule has 14 heavy (non-hydrogen) atoms.